The summed E-state index contributed by atoms with van der Waals surface area (Å²) in [7, 11) is 0. The molecule has 1 N–H and O–H groups in total. The molecule has 1 saturated carbocycles. The van der Waals surface area contributed by atoms with E-state index < -0.39 is 0 Å². The summed E-state index contributed by atoms with van der Waals surface area (Å²) in [6, 6.07) is 4.41. The predicted molar refractivity (Wildman–Crippen MR) is 56.1 cm³/mol. The Morgan fingerprint density at radius 3 is 2.85 bits per heavy atom. The lowest BCUT2D eigenvalue weighted by molar-refractivity contribution is 0.177. The summed E-state index contributed by atoms with van der Waals surface area (Å²) in [4.78, 5) is 2.88. The molecule has 0 aliphatic heterocycles. The summed E-state index contributed by atoms with van der Waals surface area (Å²) in [5.74, 6) is 0.730. The van der Waals surface area contributed by atoms with Crippen LogP contribution in [0.25, 0.3) is 0 Å². The number of aryl methyl sites for hydroxylation is 1. The van der Waals surface area contributed by atoms with E-state index in [1.165, 1.54) is 22.6 Å². The number of hydrogen-bond acceptors (Lipinski definition) is 2. The Bertz CT molecular complexity index is 279. The van der Waals surface area contributed by atoms with Gasteiger partial charge in [0.2, 0.25) is 0 Å². The standard InChI is InChI=1S/C11H16OS/c1-8-2-5-11(13-8)7-9-3-4-10(12)6-9/h2,5,9-10,12H,3-4,6-7H2,1H3. The highest BCUT2D eigenvalue weighted by Gasteiger charge is 2.22. The third kappa shape index (κ3) is 2.32. The van der Waals surface area contributed by atoms with Crippen LogP contribution < -0.4 is 0 Å². The molecule has 1 fully saturated rings. The van der Waals surface area contributed by atoms with Crippen molar-refractivity contribution >= 4 is 11.3 Å². The summed E-state index contributed by atoms with van der Waals surface area (Å²) in [5, 5.41) is 9.39. The molecule has 0 saturated heterocycles. The summed E-state index contributed by atoms with van der Waals surface area (Å²) in [6.07, 6.45) is 4.38. The van der Waals surface area contributed by atoms with E-state index in [4.69, 9.17) is 0 Å². The first-order valence-corrected chi connectivity index (χ1v) is 5.79. The minimum atomic E-state index is -0.0222. The second-order valence-corrected chi connectivity index (χ2v) is 5.42. The fourth-order valence-corrected chi connectivity index (χ4v) is 3.12. The molecular formula is C11H16OS. The van der Waals surface area contributed by atoms with Gasteiger partial charge in [0.25, 0.3) is 0 Å². The van der Waals surface area contributed by atoms with Crippen molar-refractivity contribution in [3.8, 4) is 0 Å². The molecular weight excluding hydrogens is 180 g/mol. The maximum atomic E-state index is 9.39. The highest BCUT2D eigenvalue weighted by atomic mass is 32.1. The van der Waals surface area contributed by atoms with E-state index in [0.29, 0.717) is 0 Å². The minimum Gasteiger partial charge on any atom is -0.393 e. The monoisotopic (exact) mass is 196 g/mol. The lowest BCUT2D eigenvalue weighted by atomic mass is 10.0. The molecule has 0 amide bonds. The molecule has 2 unspecified atom stereocenters. The van der Waals surface area contributed by atoms with Gasteiger partial charge in [-0.3, -0.25) is 0 Å². The van der Waals surface area contributed by atoms with E-state index >= 15 is 0 Å². The van der Waals surface area contributed by atoms with Gasteiger partial charge in [-0.15, -0.1) is 11.3 Å². The lowest BCUT2D eigenvalue weighted by Crippen LogP contribution is -2.02. The summed E-state index contributed by atoms with van der Waals surface area (Å²) in [5.41, 5.74) is 0. The molecule has 2 heteroatoms. The van der Waals surface area contributed by atoms with Gasteiger partial charge in [0, 0.05) is 9.75 Å². The van der Waals surface area contributed by atoms with Crippen LogP contribution >= 0.6 is 11.3 Å². The Morgan fingerprint density at radius 2 is 2.31 bits per heavy atom. The molecule has 2 rings (SSSR count). The number of thiophene rings is 1. The predicted octanol–water partition coefficient (Wildman–Crippen LogP) is 2.76. The molecule has 0 aromatic carbocycles. The molecule has 1 aliphatic rings. The summed E-state index contributed by atoms with van der Waals surface area (Å²) < 4.78 is 0. The molecule has 1 heterocycles. The fraction of sp³-hybridized carbons (Fsp3) is 0.636. The van der Waals surface area contributed by atoms with Gasteiger partial charge in [0.1, 0.15) is 0 Å². The van der Waals surface area contributed by atoms with Gasteiger partial charge in [-0.05, 0) is 50.7 Å². The van der Waals surface area contributed by atoms with Gasteiger partial charge in [0.05, 0.1) is 6.10 Å². The van der Waals surface area contributed by atoms with Gasteiger partial charge in [-0.1, -0.05) is 0 Å². The van der Waals surface area contributed by atoms with E-state index in [1.54, 1.807) is 0 Å². The summed E-state index contributed by atoms with van der Waals surface area (Å²) >= 11 is 1.89. The quantitative estimate of drug-likeness (QED) is 0.771. The van der Waals surface area contributed by atoms with Crippen LogP contribution in [0, 0.1) is 12.8 Å². The first-order chi connectivity index (χ1) is 6.24. The van der Waals surface area contributed by atoms with Crippen molar-refractivity contribution in [2.24, 2.45) is 5.92 Å². The molecule has 1 aromatic heterocycles. The second kappa shape index (κ2) is 3.81. The van der Waals surface area contributed by atoms with Crippen molar-refractivity contribution in [2.45, 2.75) is 38.7 Å². The highest BCUT2D eigenvalue weighted by molar-refractivity contribution is 7.11. The lowest BCUT2D eigenvalue weighted by Gasteiger charge is -2.06. The van der Waals surface area contributed by atoms with Crippen molar-refractivity contribution in [1.29, 1.82) is 0 Å². The highest BCUT2D eigenvalue weighted by Crippen LogP contribution is 2.30. The Morgan fingerprint density at radius 1 is 1.46 bits per heavy atom. The minimum absolute atomic E-state index is 0.0222. The summed E-state index contributed by atoms with van der Waals surface area (Å²) in [6.45, 7) is 2.15. The zero-order valence-electron chi connectivity index (χ0n) is 7.99. The van der Waals surface area contributed by atoms with Gasteiger partial charge < -0.3 is 5.11 Å². The molecule has 13 heavy (non-hydrogen) atoms. The topological polar surface area (TPSA) is 20.2 Å². The molecule has 2 atom stereocenters. The van der Waals surface area contributed by atoms with E-state index in [-0.39, 0.29) is 6.10 Å². The fourth-order valence-electron chi connectivity index (χ4n) is 2.11. The molecule has 1 nitrogen and oxygen atoms in total. The largest absolute Gasteiger partial charge is 0.393 e. The molecule has 0 spiro atoms. The van der Waals surface area contributed by atoms with Crippen molar-refractivity contribution in [3.05, 3.63) is 21.9 Å². The third-order valence-electron chi connectivity index (χ3n) is 2.80. The Labute approximate surface area is 83.4 Å². The first-order valence-electron chi connectivity index (χ1n) is 4.97. The Hall–Kier alpha value is -0.340. The van der Waals surface area contributed by atoms with Crippen molar-refractivity contribution in [2.75, 3.05) is 0 Å². The normalized spacial score (nSPS) is 28.2. The first kappa shape index (κ1) is 9.22. The number of rotatable bonds is 2. The SMILES string of the molecule is Cc1ccc(CC2CCC(O)C2)s1. The average molecular weight is 196 g/mol. The molecule has 1 aromatic rings. The van der Waals surface area contributed by atoms with Gasteiger partial charge in [0.15, 0.2) is 0 Å². The van der Waals surface area contributed by atoms with Gasteiger partial charge in [-0.25, -0.2) is 0 Å². The van der Waals surface area contributed by atoms with Crippen molar-refractivity contribution in [1.82, 2.24) is 0 Å². The van der Waals surface area contributed by atoms with Gasteiger partial charge >= 0.3 is 0 Å². The molecule has 1 aliphatic carbocycles. The zero-order chi connectivity index (χ0) is 9.26. The number of aliphatic hydroxyl groups is 1. The Kier molecular flexibility index (Phi) is 2.70. The van der Waals surface area contributed by atoms with Crippen LogP contribution in [0.4, 0.5) is 0 Å². The van der Waals surface area contributed by atoms with E-state index in [2.05, 4.69) is 19.1 Å². The van der Waals surface area contributed by atoms with E-state index in [9.17, 15) is 5.11 Å². The number of aliphatic hydroxyl groups excluding tert-OH is 1. The van der Waals surface area contributed by atoms with E-state index in [1.807, 2.05) is 11.3 Å². The van der Waals surface area contributed by atoms with Crippen molar-refractivity contribution in [3.63, 3.8) is 0 Å². The molecule has 0 radical (unpaired) electrons. The van der Waals surface area contributed by atoms with Gasteiger partial charge in [-0.2, -0.15) is 0 Å². The second-order valence-electron chi connectivity index (χ2n) is 4.05. The zero-order valence-corrected chi connectivity index (χ0v) is 8.81. The maximum absolute atomic E-state index is 9.39. The number of hydrogen-bond donors (Lipinski definition) is 1. The van der Waals surface area contributed by atoms with Crippen LogP contribution in [0.5, 0.6) is 0 Å². The Balaban J connectivity index is 1.91. The van der Waals surface area contributed by atoms with Crippen LogP contribution in [0.1, 0.15) is 29.0 Å². The van der Waals surface area contributed by atoms with E-state index in [0.717, 1.165) is 18.8 Å². The smallest absolute Gasteiger partial charge is 0.0543 e. The van der Waals surface area contributed by atoms with Crippen LogP contribution in [0.15, 0.2) is 12.1 Å². The molecule has 0 bridgehead atoms. The maximum Gasteiger partial charge on any atom is 0.0543 e. The molecule has 72 valence electrons. The van der Waals surface area contributed by atoms with Crippen molar-refractivity contribution < 1.29 is 5.11 Å². The van der Waals surface area contributed by atoms with Crippen LogP contribution in [0.2, 0.25) is 0 Å². The van der Waals surface area contributed by atoms with Crippen LogP contribution in [-0.2, 0) is 6.42 Å². The van der Waals surface area contributed by atoms with Crippen LogP contribution in [-0.4, -0.2) is 11.2 Å². The average Bonchev–Trinajstić information content (AvgIpc) is 2.62. The third-order valence-corrected chi connectivity index (χ3v) is 3.82. The van der Waals surface area contributed by atoms with Crippen LogP contribution in [0.3, 0.4) is 0 Å².